The van der Waals surface area contributed by atoms with Crippen LogP contribution >= 0.6 is 0 Å². The first-order chi connectivity index (χ1) is 11.5. The molecule has 7 heteroatoms. The summed E-state index contributed by atoms with van der Waals surface area (Å²) in [6.45, 7) is 2.64. The fourth-order valence-corrected chi connectivity index (χ4v) is 2.51. The van der Waals surface area contributed by atoms with Gasteiger partial charge in [0.05, 0.1) is 25.2 Å². The second-order valence-corrected chi connectivity index (χ2v) is 5.82. The quantitative estimate of drug-likeness (QED) is 0.757. The molecule has 1 amide bonds. The van der Waals surface area contributed by atoms with Crippen LogP contribution < -0.4 is 5.32 Å². The first kappa shape index (κ1) is 18.4. The van der Waals surface area contributed by atoms with Crippen molar-refractivity contribution in [2.45, 2.75) is 44.4 Å². The van der Waals surface area contributed by atoms with Crippen LogP contribution in [0.3, 0.4) is 0 Å². The van der Waals surface area contributed by atoms with Crippen molar-refractivity contribution < 1.29 is 28.6 Å². The summed E-state index contributed by atoms with van der Waals surface area (Å²) in [4.78, 5) is 23.3. The van der Waals surface area contributed by atoms with E-state index in [4.69, 9.17) is 14.6 Å². The van der Waals surface area contributed by atoms with E-state index in [2.05, 4.69) is 5.32 Å². The van der Waals surface area contributed by atoms with Gasteiger partial charge in [-0.1, -0.05) is 12.1 Å². The Morgan fingerprint density at radius 2 is 2.12 bits per heavy atom. The van der Waals surface area contributed by atoms with Crippen molar-refractivity contribution in [3.05, 3.63) is 35.6 Å². The molecule has 1 aromatic rings. The number of carboxylic acid groups (broad SMARTS) is 1. The lowest BCUT2D eigenvalue weighted by Gasteiger charge is -2.21. The Hall–Kier alpha value is -1.99. The highest BCUT2D eigenvalue weighted by molar-refractivity contribution is 5.81. The van der Waals surface area contributed by atoms with Gasteiger partial charge < -0.3 is 19.9 Å². The second-order valence-electron chi connectivity index (χ2n) is 5.82. The number of hydrogen-bond acceptors (Lipinski definition) is 4. The average Bonchev–Trinajstić information content (AvgIpc) is 3.05. The van der Waals surface area contributed by atoms with Crippen LogP contribution in [0.5, 0.6) is 0 Å². The van der Waals surface area contributed by atoms with Gasteiger partial charge in [0, 0.05) is 6.61 Å². The number of benzene rings is 1. The van der Waals surface area contributed by atoms with Crippen molar-refractivity contribution in [3.8, 4) is 0 Å². The van der Waals surface area contributed by atoms with Crippen molar-refractivity contribution in [1.82, 2.24) is 5.32 Å². The van der Waals surface area contributed by atoms with E-state index in [1.54, 1.807) is 6.92 Å². The van der Waals surface area contributed by atoms with Crippen LogP contribution in [0.25, 0.3) is 0 Å². The highest BCUT2D eigenvalue weighted by Crippen LogP contribution is 2.18. The molecule has 3 atom stereocenters. The van der Waals surface area contributed by atoms with E-state index in [-0.39, 0.29) is 12.5 Å². The van der Waals surface area contributed by atoms with Gasteiger partial charge in [-0.05, 0) is 37.5 Å². The zero-order valence-electron chi connectivity index (χ0n) is 13.5. The lowest BCUT2D eigenvalue weighted by atomic mass is 10.0. The molecule has 1 heterocycles. The summed E-state index contributed by atoms with van der Waals surface area (Å²) in [5.41, 5.74) is 0.526. The SMILES string of the molecule is CC(OCC1CCCO1)C(=O)NC(CC(=O)O)c1ccc(F)cc1. The minimum atomic E-state index is -1.06. The van der Waals surface area contributed by atoms with Gasteiger partial charge in [0.15, 0.2) is 0 Å². The molecule has 0 radical (unpaired) electrons. The molecule has 1 aromatic carbocycles. The number of carboxylic acids is 1. The molecule has 1 aliphatic rings. The van der Waals surface area contributed by atoms with Crippen LogP contribution in [0.4, 0.5) is 4.39 Å². The fraction of sp³-hybridized carbons (Fsp3) is 0.529. The number of aliphatic carboxylic acids is 1. The van der Waals surface area contributed by atoms with Crippen LogP contribution in [0, 0.1) is 5.82 Å². The molecule has 0 spiro atoms. The maximum Gasteiger partial charge on any atom is 0.305 e. The molecule has 0 saturated carbocycles. The van der Waals surface area contributed by atoms with E-state index in [0.717, 1.165) is 12.8 Å². The maximum atomic E-state index is 13.0. The lowest BCUT2D eigenvalue weighted by Crippen LogP contribution is -2.39. The summed E-state index contributed by atoms with van der Waals surface area (Å²) in [6, 6.07) is 4.63. The van der Waals surface area contributed by atoms with Crippen LogP contribution in [0.1, 0.15) is 37.8 Å². The predicted molar refractivity (Wildman–Crippen MR) is 83.9 cm³/mol. The third-order valence-corrected chi connectivity index (χ3v) is 3.89. The molecule has 3 unspecified atom stereocenters. The summed E-state index contributed by atoms with van der Waals surface area (Å²) >= 11 is 0. The molecule has 24 heavy (non-hydrogen) atoms. The number of rotatable bonds is 8. The average molecular weight is 339 g/mol. The largest absolute Gasteiger partial charge is 0.481 e. The number of hydrogen-bond donors (Lipinski definition) is 2. The molecule has 0 aromatic heterocycles. The molecule has 0 aliphatic carbocycles. The van der Waals surface area contributed by atoms with E-state index in [1.807, 2.05) is 0 Å². The maximum absolute atomic E-state index is 13.0. The molecule has 0 bridgehead atoms. The lowest BCUT2D eigenvalue weighted by molar-refractivity contribution is -0.138. The first-order valence-corrected chi connectivity index (χ1v) is 7.96. The van der Waals surface area contributed by atoms with Crippen LogP contribution in [0.15, 0.2) is 24.3 Å². The van der Waals surface area contributed by atoms with E-state index in [0.29, 0.717) is 18.8 Å². The van der Waals surface area contributed by atoms with Gasteiger partial charge in [-0.2, -0.15) is 0 Å². The Balaban J connectivity index is 1.92. The minimum absolute atomic E-state index is 0.00663. The fourth-order valence-electron chi connectivity index (χ4n) is 2.51. The monoisotopic (exact) mass is 339 g/mol. The van der Waals surface area contributed by atoms with E-state index in [9.17, 15) is 14.0 Å². The van der Waals surface area contributed by atoms with Crippen molar-refractivity contribution >= 4 is 11.9 Å². The van der Waals surface area contributed by atoms with Gasteiger partial charge in [-0.15, -0.1) is 0 Å². The van der Waals surface area contributed by atoms with Gasteiger partial charge in [-0.25, -0.2) is 4.39 Å². The van der Waals surface area contributed by atoms with Crippen molar-refractivity contribution in [1.29, 1.82) is 0 Å². The summed E-state index contributed by atoms with van der Waals surface area (Å²) in [7, 11) is 0. The molecular weight excluding hydrogens is 317 g/mol. The summed E-state index contributed by atoms with van der Waals surface area (Å²) in [5.74, 6) is -1.89. The van der Waals surface area contributed by atoms with E-state index in [1.165, 1.54) is 24.3 Å². The van der Waals surface area contributed by atoms with E-state index >= 15 is 0 Å². The third-order valence-electron chi connectivity index (χ3n) is 3.89. The Morgan fingerprint density at radius 1 is 1.42 bits per heavy atom. The Labute approximate surface area is 139 Å². The van der Waals surface area contributed by atoms with Crippen LogP contribution in [-0.2, 0) is 19.1 Å². The Kier molecular flexibility index (Phi) is 6.69. The summed E-state index contributed by atoms with van der Waals surface area (Å²) < 4.78 is 23.9. The number of halogens is 1. The second kappa shape index (κ2) is 8.75. The van der Waals surface area contributed by atoms with Crippen molar-refractivity contribution in [2.24, 2.45) is 0 Å². The molecule has 1 fully saturated rings. The van der Waals surface area contributed by atoms with Gasteiger partial charge in [-0.3, -0.25) is 9.59 Å². The molecule has 2 rings (SSSR count). The van der Waals surface area contributed by atoms with E-state index < -0.39 is 29.8 Å². The molecule has 2 N–H and O–H groups in total. The van der Waals surface area contributed by atoms with Crippen LogP contribution in [-0.4, -0.2) is 42.4 Å². The smallest absolute Gasteiger partial charge is 0.305 e. The molecule has 6 nitrogen and oxygen atoms in total. The van der Waals surface area contributed by atoms with Crippen molar-refractivity contribution in [2.75, 3.05) is 13.2 Å². The molecule has 1 saturated heterocycles. The summed E-state index contributed by atoms with van der Waals surface area (Å²) in [5, 5.41) is 11.7. The number of carbonyl (C=O) groups excluding carboxylic acids is 1. The summed E-state index contributed by atoms with van der Waals surface area (Å²) in [6.07, 6.45) is 0.874. The number of nitrogens with one attached hydrogen (secondary N) is 1. The molecule has 1 aliphatic heterocycles. The normalized spacial score (nSPS) is 19.7. The zero-order chi connectivity index (χ0) is 17.5. The minimum Gasteiger partial charge on any atom is -0.481 e. The van der Waals surface area contributed by atoms with Gasteiger partial charge in [0.1, 0.15) is 11.9 Å². The number of ether oxygens (including phenoxy) is 2. The predicted octanol–water partition coefficient (Wildman–Crippen LogP) is 2.04. The van der Waals surface area contributed by atoms with Crippen LogP contribution in [0.2, 0.25) is 0 Å². The van der Waals surface area contributed by atoms with Gasteiger partial charge in [0.25, 0.3) is 0 Å². The third kappa shape index (κ3) is 5.58. The Bertz CT molecular complexity index is 557. The van der Waals surface area contributed by atoms with Crippen molar-refractivity contribution in [3.63, 3.8) is 0 Å². The van der Waals surface area contributed by atoms with Gasteiger partial charge >= 0.3 is 5.97 Å². The molecular formula is C17H22FNO5. The number of carbonyl (C=O) groups is 2. The Morgan fingerprint density at radius 3 is 2.71 bits per heavy atom. The highest BCUT2D eigenvalue weighted by Gasteiger charge is 2.23. The zero-order valence-corrected chi connectivity index (χ0v) is 13.5. The highest BCUT2D eigenvalue weighted by atomic mass is 19.1. The first-order valence-electron chi connectivity index (χ1n) is 7.96. The topological polar surface area (TPSA) is 84.9 Å². The standard InChI is InChI=1S/C17H22FNO5/c1-11(24-10-14-3-2-8-23-14)17(22)19-15(9-16(20)21)12-4-6-13(18)7-5-12/h4-7,11,14-15H,2-3,8-10H2,1H3,(H,19,22)(H,20,21). The molecule has 132 valence electrons. The number of amides is 1. The van der Waals surface area contributed by atoms with Gasteiger partial charge in [0.2, 0.25) is 5.91 Å².